The van der Waals surface area contributed by atoms with E-state index in [2.05, 4.69) is 26.0 Å². The van der Waals surface area contributed by atoms with E-state index in [1.54, 1.807) is 6.08 Å². The van der Waals surface area contributed by atoms with Crippen molar-refractivity contribution in [3.63, 3.8) is 0 Å². The fourth-order valence-corrected chi connectivity index (χ4v) is 4.85. The Kier molecular flexibility index (Phi) is 9.13. The molecule has 4 rings (SSSR count). The number of imide groups is 1. The molecule has 0 radical (unpaired) electrons. The van der Waals surface area contributed by atoms with Crippen LogP contribution in [0.15, 0.2) is 71.6 Å². The van der Waals surface area contributed by atoms with Crippen molar-refractivity contribution in [2.24, 2.45) is 0 Å². The van der Waals surface area contributed by atoms with Gasteiger partial charge in [0.25, 0.3) is 11.1 Å². The normalized spacial score (nSPS) is 14.4. The van der Waals surface area contributed by atoms with E-state index in [9.17, 15) is 9.59 Å². The molecule has 0 N–H and O–H groups in total. The smallest absolute Gasteiger partial charge is 0.293 e. The van der Waals surface area contributed by atoms with Gasteiger partial charge in [-0.05, 0) is 84.6 Å². The Morgan fingerprint density at radius 1 is 0.816 bits per heavy atom. The van der Waals surface area contributed by atoms with Crippen LogP contribution in [0, 0.1) is 13.8 Å². The van der Waals surface area contributed by atoms with Crippen molar-refractivity contribution in [3.8, 4) is 17.2 Å². The molecule has 0 saturated carbocycles. The Hall–Kier alpha value is -3.71. The molecule has 38 heavy (non-hydrogen) atoms. The van der Waals surface area contributed by atoms with Gasteiger partial charge in [0, 0.05) is 0 Å². The average Bonchev–Trinajstić information content (AvgIpc) is 3.15. The van der Waals surface area contributed by atoms with Gasteiger partial charge in [0.05, 0.1) is 11.4 Å². The quantitative estimate of drug-likeness (QED) is 0.196. The maximum absolute atomic E-state index is 13.0. The number of amides is 2. The Bertz CT molecular complexity index is 1320. The largest absolute Gasteiger partial charge is 0.491 e. The molecule has 0 bridgehead atoms. The Morgan fingerprint density at radius 3 is 2.26 bits per heavy atom. The summed E-state index contributed by atoms with van der Waals surface area (Å²) in [5.74, 6) is 2.26. The molecule has 0 aliphatic carbocycles. The zero-order valence-electron chi connectivity index (χ0n) is 22.2. The summed E-state index contributed by atoms with van der Waals surface area (Å²) in [5, 5.41) is -0.293. The Morgan fingerprint density at radius 2 is 1.53 bits per heavy atom. The summed E-state index contributed by atoms with van der Waals surface area (Å²) in [5.41, 5.74) is 4.17. The van der Waals surface area contributed by atoms with Gasteiger partial charge in [-0.15, -0.1) is 0 Å². The van der Waals surface area contributed by atoms with Gasteiger partial charge in [-0.3, -0.25) is 14.5 Å². The van der Waals surface area contributed by atoms with Crippen LogP contribution in [0.1, 0.15) is 42.0 Å². The first-order valence-electron chi connectivity index (χ1n) is 12.7. The average molecular weight is 532 g/mol. The molecule has 3 aromatic carbocycles. The molecule has 1 fully saturated rings. The summed E-state index contributed by atoms with van der Waals surface area (Å²) in [6.45, 7) is 9.49. The fraction of sp³-hybridized carbons (Fsp3) is 0.290. The fourth-order valence-electron chi connectivity index (χ4n) is 3.98. The number of aryl methyl sites for hydroxylation is 2. The second kappa shape index (κ2) is 12.7. The SMILES string of the molecule is Cc1ccc(OCCOc2cccc(/C=C3\SC(=O)N(CCOc4cc(C)ccc4C(C)C)C3=O)c2)cc1. The predicted octanol–water partition coefficient (Wildman–Crippen LogP) is 7.00. The van der Waals surface area contributed by atoms with E-state index < -0.39 is 0 Å². The molecule has 7 heteroatoms. The highest BCUT2D eigenvalue weighted by Crippen LogP contribution is 2.33. The first-order chi connectivity index (χ1) is 18.3. The van der Waals surface area contributed by atoms with E-state index in [4.69, 9.17) is 14.2 Å². The lowest BCUT2D eigenvalue weighted by Gasteiger charge is -2.17. The highest BCUT2D eigenvalue weighted by atomic mass is 32.2. The van der Waals surface area contributed by atoms with Crippen LogP contribution < -0.4 is 14.2 Å². The molecule has 1 heterocycles. The zero-order valence-corrected chi connectivity index (χ0v) is 23.0. The van der Waals surface area contributed by atoms with E-state index in [1.807, 2.05) is 68.4 Å². The van der Waals surface area contributed by atoms with Crippen LogP contribution in [0.4, 0.5) is 4.79 Å². The van der Waals surface area contributed by atoms with Crippen LogP contribution in [0.3, 0.4) is 0 Å². The minimum Gasteiger partial charge on any atom is -0.491 e. The van der Waals surface area contributed by atoms with Crippen molar-refractivity contribution in [1.82, 2.24) is 4.90 Å². The number of hydrogen-bond acceptors (Lipinski definition) is 6. The highest BCUT2D eigenvalue weighted by Gasteiger charge is 2.34. The van der Waals surface area contributed by atoms with Gasteiger partial charge in [-0.2, -0.15) is 0 Å². The van der Waals surface area contributed by atoms with Gasteiger partial charge in [0.1, 0.15) is 37.1 Å². The van der Waals surface area contributed by atoms with Crippen LogP contribution in [0.5, 0.6) is 17.2 Å². The molecule has 1 aliphatic heterocycles. The van der Waals surface area contributed by atoms with Crippen LogP contribution in [-0.2, 0) is 4.79 Å². The number of nitrogens with zero attached hydrogens (tertiary/aromatic N) is 1. The summed E-state index contributed by atoms with van der Waals surface area (Å²) >= 11 is 0.941. The van der Waals surface area contributed by atoms with E-state index in [1.165, 1.54) is 10.5 Å². The van der Waals surface area contributed by atoms with Gasteiger partial charge < -0.3 is 14.2 Å². The molecule has 1 aliphatic rings. The molecule has 0 aromatic heterocycles. The number of benzene rings is 3. The molecule has 2 amide bonds. The minimum atomic E-state index is -0.310. The number of carbonyl (C=O) groups excluding carboxylic acids is 2. The second-order valence-corrected chi connectivity index (χ2v) is 10.5. The van der Waals surface area contributed by atoms with Crippen molar-refractivity contribution in [1.29, 1.82) is 0 Å². The van der Waals surface area contributed by atoms with E-state index in [0.29, 0.717) is 29.8 Å². The first kappa shape index (κ1) is 27.3. The lowest BCUT2D eigenvalue weighted by molar-refractivity contribution is -0.123. The maximum atomic E-state index is 13.0. The van der Waals surface area contributed by atoms with Crippen LogP contribution >= 0.6 is 11.8 Å². The highest BCUT2D eigenvalue weighted by molar-refractivity contribution is 8.18. The van der Waals surface area contributed by atoms with Crippen LogP contribution in [-0.4, -0.2) is 42.4 Å². The molecular formula is C31H33NO5S. The van der Waals surface area contributed by atoms with Gasteiger partial charge in [-0.25, -0.2) is 0 Å². The molecule has 198 valence electrons. The molecule has 0 spiro atoms. The van der Waals surface area contributed by atoms with Gasteiger partial charge in [0.2, 0.25) is 0 Å². The summed E-state index contributed by atoms with van der Waals surface area (Å²) in [6.07, 6.45) is 1.72. The molecule has 6 nitrogen and oxygen atoms in total. The topological polar surface area (TPSA) is 65.1 Å². The number of thioether (sulfide) groups is 1. The molecule has 1 saturated heterocycles. The summed E-state index contributed by atoms with van der Waals surface area (Å²) < 4.78 is 17.5. The number of carbonyl (C=O) groups is 2. The first-order valence-corrected chi connectivity index (χ1v) is 13.5. The third-order valence-electron chi connectivity index (χ3n) is 6.03. The second-order valence-electron chi connectivity index (χ2n) is 9.46. The summed E-state index contributed by atoms with van der Waals surface area (Å²) in [4.78, 5) is 27.1. The third kappa shape index (κ3) is 7.19. The maximum Gasteiger partial charge on any atom is 0.293 e. The van der Waals surface area contributed by atoms with Crippen molar-refractivity contribution in [2.45, 2.75) is 33.6 Å². The number of hydrogen-bond donors (Lipinski definition) is 0. The molecule has 0 atom stereocenters. The zero-order chi connectivity index (χ0) is 27.1. The van der Waals surface area contributed by atoms with Gasteiger partial charge >= 0.3 is 0 Å². The number of ether oxygens (including phenoxy) is 3. The Labute approximate surface area is 228 Å². The van der Waals surface area contributed by atoms with E-state index in [0.717, 1.165) is 40.0 Å². The van der Waals surface area contributed by atoms with E-state index in [-0.39, 0.29) is 24.3 Å². The third-order valence-corrected chi connectivity index (χ3v) is 6.94. The van der Waals surface area contributed by atoms with Crippen molar-refractivity contribution >= 4 is 29.0 Å². The number of rotatable bonds is 11. The molecule has 3 aromatic rings. The standard InChI is InChI=1S/C31H33NO5S/c1-21(2)27-13-10-23(4)18-28(27)37-15-14-32-30(33)29(38-31(32)34)20-24-6-5-7-26(19-24)36-17-16-35-25-11-8-22(3)9-12-25/h5-13,18-21H,14-17H2,1-4H3/b29-20-. The van der Waals surface area contributed by atoms with Gasteiger partial charge in [-0.1, -0.05) is 55.8 Å². The molecular weight excluding hydrogens is 498 g/mol. The molecule has 0 unspecified atom stereocenters. The lowest BCUT2D eigenvalue weighted by atomic mass is 10.0. The lowest BCUT2D eigenvalue weighted by Crippen LogP contribution is -2.32. The van der Waals surface area contributed by atoms with E-state index >= 15 is 0 Å². The summed E-state index contributed by atoms with van der Waals surface area (Å²) in [7, 11) is 0. The van der Waals surface area contributed by atoms with Crippen molar-refractivity contribution in [2.75, 3.05) is 26.4 Å². The van der Waals surface area contributed by atoms with Crippen LogP contribution in [0.25, 0.3) is 6.08 Å². The van der Waals surface area contributed by atoms with Crippen molar-refractivity contribution < 1.29 is 23.8 Å². The van der Waals surface area contributed by atoms with Crippen molar-refractivity contribution in [3.05, 3.63) is 93.9 Å². The Balaban J connectivity index is 1.31. The predicted molar refractivity (Wildman–Crippen MR) is 152 cm³/mol. The van der Waals surface area contributed by atoms with Crippen LogP contribution in [0.2, 0.25) is 0 Å². The monoisotopic (exact) mass is 531 g/mol. The summed E-state index contributed by atoms with van der Waals surface area (Å²) in [6, 6.07) is 21.4. The van der Waals surface area contributed by atoms with Gasteiger partial charge in [0.15, 0.2) is 0 Å². The minimum absolute atomic E-state index is 0.192.